The highest BCUT2D eigenvalue weighted by molar-refractivity contribution is 5.64. The van der Waals surface area contributed by atoms with Gasteiger partial charge in [0.05, 0.1) is 16.6 Å². The first-order chi connectivity index (χ1) is 8.70. The van der Waals surface area contributed by atoms with Gasteiger partial charge in [0.1, 0.15) is 5.69 Å². The monoisotopic (exact) mass is 246 g/mol. The SMILES string of the molecule is N#Cc1ccc([N+](=O)[O-])c(NC2CCNCC2)c1. The Labute approximate surface area is 105 Å². The van der Waals surface area contributed by atoms with Crippen molar-refractivity contribution in [1.29, 1.82) is 5.26 Å². The molecule has 2 N–H and O–H groups in total. The minimum atomic E-state index is -0.426. The Morgan fingerprint density at radius 3 is 2.78 bits per heavy atom. The van der Waals surface area contributed by atoms with Crippen LogP contribution in [0.15, 0.2) is 18.2 Å². The van der Waals surface area contributed by atoms with Gasteiger partial charge in [0.2, 0.25) is 0 Å². The molecule has 94 valence electrons. The second-order valence-electron chi connectivity index (χ2n) is 4.27. The van der Waals surface area contributed by atoms with Gasteiger partial charge in [-0.3, -0.25) is 10.1 Å². The van der Waals surface area contributed by atoms with Gasteiger partial charge in [0, 0.05) is 12.1 Å². The van der Waals surface area contributed by atoms with Crippen LogP contribution in [-0.2, 0) is 0 Å². The van der Waals surface area contributed by atoms with Crippen LogP contribution in [0, 0.1) is 21.4 Å². The van der Waals surface area contributed by atoms with Crippen LogP contribution in [0.5, 0.6) is 0 Å². The zero-order valence-corrected chi connectivity index (χ0v) is 9.85. The van der Waals surface area contributed by atoms with Gasteiger partial charge in [0.25, 0.3) is 5.69 Å². The number of nitro groups is 1. The third kappa shape index (κ3) is 2.76. The lowest BCUT2D eigenvalue weighted by Crippen LogP contribution is -2.35. The molecular weight excluding hydrogens is 232 g/mol. The number of piperidine rings is 1. The van der Waals surface area contributed by atoms with E-state index in [1.807, 2.05) is 6.07 Å². The summed E-state index contributed by atoms with van der Waals surface area (Å²) in [4.78, 5) is 10.5. The number of hydrogen-bond donors (Lipinski definition) is 2. The quantitative estimate of drug-likeness (QED) is 0.624. The summed E-state index contributed by atoms with van der Waals surface area (Å²) in [6.07, 6.45) is 1.85. The van der Waals surface area contributed by atoms with Crippen molar-refractivity contribution in [2.75, 3.05) is 18.4 Å². The maximum atomic E-state index is 10.9. The molecule has 1 aromatic carbocycles. The molecule has 0 amide bonds. The van der Waals surface area contributed by atoms with Crippen molar-refractivity contribution < 1.29 is 4.92 Å². The molecule has 1 aliphatic rings. The molecule has 0 radical (unpaired) electrons. The highest BCUT2D eigenvalue weighted by Gasteiger charge is 2.19. The molecule has 6 heteroatoms. The van der Waals surface area contributed by atoms with Gasteiger partial charge in [-0.1, -0.05) is 0 Å². The van der Waals surface area contributed by atoms with Crippen LogP contribution in [0.25, 0.3) is 0 Å². The molecular formula is C12H14N4O2. The van der Waals surface area contributed by atoms with Gasteiger partial charge in [-0.05, 0) is 38.1 Å². The number of rotatable bonds is 3. The van der Waals surface area contributed by atoms with Gasteiger partial charge in [-0.15, -0.1) is 0 Å². The molecule has 1 heterocycles. The van der Waals surface area contributed by atoms with Crippen molar-refractivity contribution in [3.05, 3.63) is 33.9 Å². The van der Waals surface area contributed by atoms with E-state index in [1.54, 1.807) is 6.07 Å². The fourth-order valence-corrected chi connectivity index (χ4v) is 2.07. The number of nitrogens with one attached hydrogen (secondary N) is 2. The Morgan fingerprint density at radius 1 is 1.44 bits per heavy atom. The summed E-state index contributed by atoms with van der Waals surface area (Å²) in [7, 11) is 0. The largest absolute Gasteiger partial charge is 0.377 e. The summed E-state index contributed by atoms with van der Waals surface area (Å²) in [5.41, 5.74) is 0.885. The average molecular weight is 246 g/mol. The zero-order chi connectivity index (χ0) is 13.0. The maximum Gasteiger partial charge on any atom is 0.292 e. The van der Waals surface area contributed by atoms with Crippen molar-refractivity contribution in [2.45, 2.75) is 18.9 Å². The Kier molecular flexibility index (Phi) is 3.75. The standard InChI is InChI=1S/C12H14N4O2/c13-8-9-1-2-12(16(17)18)11(7-9)15-10-3-5-14-6-4-10/h1-2,7,10,14-15H,3-6H2. The fourth-order valence-electron chi connectivity index (χ4n) is 2.07. The minimum absolute atomic E-state index is 0.0209. The third-order valence-corrected chi connectivity index (χ3v) is 3.02. The zero-order valence-electron chi connectivity index (χ0n) is 9.85. The van der Waals surface area contributed by atoms with E-state index in [0.29, 0.717) is 11.3 Å². The molecule has 0 spiro atoms. The van der Waals surface area contributed by atoms with Crippen molar-refractivity contribution in [3.8, 4) is 6.07 Å². The number of benzene rings is 1. The summed E-state index contributed by atoms with van der Waals surface area (Å²) in [5, 5.41) is 26.2. The molecule has 0 bridgehead atoms. The second-order valence-corrected chi connectivity index (χ2v) is 4.27. The number of nitro benzene ring substituents is 1. The van der Waals surface area contributed by atoms with Crippen LogP contribution in [0.4, 0.5) is 11.4 Å². The highest BCUT2D eigenvalue weighted by Crippen LogP contribution is 2.27. The van der Waals surface area contributed by atoms with E-state index in [2.05, 4.69) is 10.6 Å². The predicted molar refractivity (Wildman–Crippen MR) is 67.3 cm³/mol. The van der Waals surface area contributed by atoms with Crippen molar-refractivity contribution in [3.63, 3.8) is 0 Å². The summed E-state index contributed by atoms with van der Waals surface area (Å²) in [6.45, 7) is 1.81. The number of nitrogens with zero attached hydrogens (tertiary/aromatic N) is 2. The lowest BCUT2D eigenvalue weighted by atomic mass is 10.1. The first-order valence-corrected chi connectivity index (χ1v) is 5.86. The van der Waals surface area contributed by atoms with E-state index in [9.17, 15) is 10.1 Å². The summed E-state index contributed by atoms with van der Waals surface area (Å²) >= 11 is 0. The van der Waals surface area contributed by atoms with Gasteiger partial charge >= 0.3 is 0 Å². The molecule has 2 rings (SSSR count). The molecule has 0 aliphatic carbocycles. The van der Waals surface area contributed by atoms with Crippen molar-refractivity contribution in [2.24, 2.45) is 0 Å². The van der Waals surface area contributed by atoms with Crippen molar-refractivity contribution >= 4 is 11.4 Å². The molecule has 6 nitrogen and oxygen atoms in total. The van der Waals surface area contributed by atoms with E-state index in [4.69, 9.17) is 5.26 Å². The molecule has 1 aromatic rings. The van der Waals surface area contributed by atoms with E-state index >= 15 is 0 Å². The van der Waals surface area contributed by atoms with Gasteiger partial charge in [-0.25, -0.2) is 0 Å². The van der Waals surface area contributed by atoms with Crippen LogP contribution in [0.3, 0.4) is 0 Å². The highest BCUT2D eigenvalue weighted by atomic mass is 16.6. The third-order valence-electron chi connectivity index (χ3n) is 3.02. The molecule has 0 unspecified atom stereocenters. The van der Waals surface area contributed by atoms with Crippen molar-refractivity contribution in [1.82, 2.24) is 5.32 Å². The average Bonchev–Trinajstić information content (AvgIpc) is 2.39. The van der Waals surface area contributed by atoms with Crippen LogP contribution in [0.1, 0.15) is 18.4 Å². The molecule has 18 heavy (non-hydrogen) atoms. The summed E-state index contributed by atoms with van der Waals surface area (Å²) in [5.74, 6) is 0. The predicted octanol–water partition coefficient (Wildman–Crippen LogP) is 1.63. The first kappa shape index (κ1) is 12.3. The molecule has 1 aliphatic heterocycles. The first-order valence-electron chi connectivity index (χ1n) is 5.86. The second kappa shape index (κ2) is 5.47. The minimum Gasteiger partial charge on any atom is -0.377 e. The molecule has 1 saturated heterocycles. The number of hydrogen-bond acceptors (Lipinski definition) is 5. The fraction of sp³-hybridized carbons (Fsp3) is 0.417. The van der Waals surface area contributed by atoms with Crippen LogP contribution < -0.4 is 10.6 Å². The van der Waals surface area contributed by atoms with Crippen LogP contribution in [-0.4, -0.2) is 24.1 Å². The smallest absolute Gasteiger partial charge is 0.292 e. The normalized spacial score (nSPS) is 15.9. The molecule has 0 aromatic heterocycles. The lowest BCUT2D eigenvalue weighted by Gasteiger charge is -2.24. The van der Waals surface area contributed by atoms with E-state index in [0.717, 1.165) is 25.9 Å². The lowest BCUT2D eigenvalue weighted by molar-refractivity contribution is -0.384. The van der Waals surface area contributed by atoms with Gasteiger partial charge in [-0.2, -0.15) is 5.26 Å². The van der Waals surface area contributed by atoms with E-state index in [-0.39, 0.29) is 11.7 Å². The Bertz CT molecular complexity index is 489. The van der Waals surface area contributed by atoms with Gasteiger partial charge < -0.3 is 10.6 Å². The van der Waals surface area contributed by atoms with Gasteiger partial charge in [0.15, 0.2) is 0 Å². The maximum absolute atomic E-state index is 10.9. The van der Waals surface area contributed by atoms with E-state index in [1.165, 1.54) is 12.1 Å². The van der Waals surface area contributed by atoms with Crippen LogP contribution >= 0.6 is 0 Å². The number of nitriles is 1. The Hall–Kier alpha value is -2.13. The Morgan fingerprint density at radius 2 is 2.17 bits per heavy atom. The summed E-state index contributed by atoms with van der Waals surface area (Å²) < 4.78 is 0. The molecule has 1 fully saturated rings. The summed E-state index contributed by atoms with van der Waals surface area (Å²) in [6, 6.07) is 6.60. The van der Waals surface area contributed by atoms with Crippen LogP contribution in [0.2, 0.25) is 0 Å². The molecule has 0 saturated carbocycles. The van der Waals surface area contributed by atoms with E-state index < -0.39 is 4.92 Å². The number of anilines is 1. The topological polar surface area (TPSA) is 91.0 Å². The molecule has 0 atom stereocenters. The Balaban J connectivity index is 2.23.